The molecule has 31 heavy (non-hydrogen) atoms. The number of aromatic amines is 1. The van der Waals surface area contributed by atoms with Gasteiger partial charge in [-0.2, -0.15) is 0 Å². The highest BCUT2D eigenvalue weighted by molar-refractivity contribution is 6.11. The van der Waals surface area contributed by atoms with Gasteiger partial charge in [-0.15, -0.1) is 10.2 Å². The second kappa shape index (κ2) is 6.95. The molecule has 10 heteroatoms. The molecule has 1 heterocycles. The zero-order valence-corrected chi connectivity index (χ0v) is 15.7. The van der Waals surface area contributed by atoms with Crippen molar-refractivity contribution in [1.82, 2.24) is 9.97 Å². The predicted octanol–water partition coefficient (Wildman–Crippen LogP) is 6.05. The molecular weight excluding hydrogens is 400 g/mol. The largest absolute Gasteiger partial charge is 0.350 e. The van der Waals surface area contributed by atoms with Gasteiger partial charge in [-0.25, -0.2) is 4.98 Å². The number of rotatable bonds is 4. The van der Waals surface area contributed by atoms with Crippen molar-refractivity contribution in [2.24, 2.45) is 10.2 Å². The van der Waals surface area contributed by atoms with Crippen LogP contribution in [-0.2, 0) is 0 Å². The summed E-state index contributed by atoms with van der Waals surface area (Å²) in [5.74, 6) is 0. The van der Waals surface area contributed by atoms with Crippen LogP contribution >= 0.6 is 0 Å². The number of nitrogens with zero attached hydrogens (tertiary/aromatic N) is 5. The molecule has 1 aliphatic carbocycles. The number of azo groups is 1. The van der Waals surface area contributed by atoms with Crippen LogP contribution in [0.3, 0.4) is 0 Å². The fourth-order valence-electron chi connectivity index (χ4n) is 3.51. The van der Waals surface area contributed by atoms with Crippen LogP contribution in [0.4, 0.5) is 22.7 Å². The molecule has 0 atom stereocenters. The van der Waals surface area contributed by atoms with E-state index < -0.39 is 15.5 Å². The normalized spacial score (nSPS) is 11.6. The maximum Gasteiger partial charge on any atom is 0.303 e. The average Bonchev–Trinajstić information content (AvgIpc) is 3.08. The van der Waals surface area contributed by atoms with Gasteiger partial charge in [0.05, 0.1) is 38.3 Å². The molecule has 3 aromatic carbocycles. The summed E-state index contributed by atoms with van der Waals surface area (Å²) in [5.41, 5.74) is 2.47. The van der Waals surface area contributed by atoms with Gasteiger partial charge in [-0.1, -0.05) is 36.4 Å². The number of para-hydroxylation sites is 2. The summed E-state index contributed by atoms with van der Waals surface area (Å²) < 4.78 is 0. The number of benzene rings is 3. The highest BCUT2D eigenvalue weighted by atomic mass is 16.6. The van der Waals surface area contributed by atoms with Gasteiger partial charge in [-0.05, 0) is 18.2 Å². The lowest BCUT2D eigenvalue weighted by Crippen LogP contribution is -1.92. The minimum absolute atomic E-state index is 0.0808. The molecule has 10 nitrogen and oxygen atoms in total. The van der Waals surface area contributed by atoms with Gasteiger partial charge in [0.1, 0.15) is 5.69 Å². The SMILES string of the molecule is O=[N+]([O-])c1ccc(N=Nc2c3[nH]c4ccccc4nc-3c3ccccc23)c([N+](=O)[O-])c1. The Morgan fingerprint density at radius 2 is 1.58 bits per heavy atom. The highest BCUT2D eigenvalue weighted by Gasteiger charge is 2.22. The number of nitrogens with one attached hydrogen (secondary N) is 1. The van der Waals surface area contributed by atoms with Gasteiger partial charge in [0, 0.05) is 16.8 Å². The molecule has 0 amide bonds. The predicted molar refractivity (Wildman–Crippen MR) is 114 cm³/mol. The third kappa shape index (κ3) is 3.02. The molecule has 0 saturated heterocycles. The maximum absolute atomic E-state index is 11.4. The zero-order valence-electron chi connectivity index (χ0n) is 15.7. The molecule has 0 bridgehead atoms. The summed E-state index contributed by atoms with van der Waals surface area (Å²) >= 11 is 0. The van der Waals surface area contributed by atoms with E-state index >= 15 is 0 Å². The Labute approximate surface area is 173 Å². The van der Waals surface area contributed by atoms with Gasteiger partial charge in [-0.3, -0.25) is 20.2 Å². The van der Waals surface area contributed by atoms with Crippen LogP contribution in [0, 0.1) is 20.2 Å². The third-order valence-corrected chi connectivity index (χ3v) is 4.93. The van der Waals surface area contributed by atoms with E-state index in [4.69, 9.17) is 4.98 Å². The van der Waals surface area contributed by atoms with Gasteiger partial charge in [0.2, 0.25) is 0 Å². The molecule has 0 aromatic heterocycles. The zero-order chi connectivity index (χ0) is 21.5. The Morgan fingerprint density at radius 1 is 0.839 bits per heavy atom. The van der Waals surface area contributed by atoms with Crippen molar-refractivity contribution in [1.29, 1.82) is 0 Å². The average molecular weight is 412 g/mol. The van der Waals surface area contributed by atoms with E-state index in [1.165, 1.54) is 6.07 Å². The quantitative estimate of drug-likeness (QED) is 0.217. The van der Waals surface area contributed by atoms with Crippen molar-refractivity contribution < 1.29 is 9.85 Å². The number of hydrogen-bond acceptors (Lipinski definition) is 7. The molecule has 0 unspecified atom stereocenters. The molecular formula is C21H12N6O4. The Hall–Kier alpha value is -4.73. The van der Waals surface area contributed by atoms with E-state index in [1.54, 1.807) is 0 Å². The first-order chi connectivity index (χ1) is 15.0. The maximum atomic E-state index is 11.4. The fraction of sp³-hybridized carbons (Fsp3) is 0. The minimum atomic E-state index is -0.719. The van der Waals surface area contributed by atoms with Gasteiger partial charge in [0.15, 0.2) is 5.69 Å². The minimum Gasteiger partial charge on any atom is -0.350 e. The molecule has 1 N–H and O–H groups in total. The Morgan fingerprint density at radius 3 is 2.35 bits per heavy atom. The van der Waals surface area contributed by atoms with Crippen molar-refractivity contribution in [2.75, 3.05) is 0 Å². The molecule has 0 saturated carbocycles. The highest BCUT2D eigenvalue weighted by Crippen LogP contribution is 2.44. The van der Waals surface area contributed by atoms with Crippen LogP contribution in [0.1, 0.15) is 0 Å². The second-order valence-corrected chi connectivity index (χ2v) is 6.76. The summed E-state index contributed by atoms with van der Waals surface area (Å²) in [5, 5.41) is 32.4. The van der Waals surface area contributed by atoms with E-state index in [2.05, 4.69) is 15.2 Å². The smallest absolute Gasteiger partial charge is 0.303 e. The molecule has 150 valence electrons. The summed E-state index contributed by atoms with van der Waals surface area (Å²) in [4.78, 5) is 29.0. The summed E-state index contributed by atoms with van der Waals surface area (Å²) in [6.45, 7) is 0. The Bertz CT molecular complexity index is 1510. The van der Waals surface area contributed by atoms with Crippen molar-refractivity contribution >= 4 is 44.6 Å². The fourth-order valence-corrected chi connectivity index (χ4v) is 3.51. The van der Waals surface area contributed by atoms with E-state index in [-0.39, 0.29) is 11.4 Å². The number of H-pyrrole nitrogens is 1. The number of non-ortho nitro benzene ring substituents is 1. The molecule has 0 spiro atoms. The first-order valence-electron chi connectivity index (χ1n) is 9.16. The van der Waals surface area contributed by atoms with E-state index in [9.17, 15) is 20.2 Å². The molecule has 3 aromatic rings. The van der Waals surface area contributed by atoms with Gasteiger partial charge < -0.3 is 4.98 Å². The summed E-state index contributed by atoms with van der Waals surface area (Å²) in [7, 11) is 0. The van der Waals surface area contributed by atoms with E-state index in [1.807, 2.05) is 48.5 Å². The number of fused-ring (bicyclic) bond motifs is 4. The van der Waals surface area contributed by atoms with Crippen molar-refractivity contribution in [3.8, 4) is 11.4 Å². The molecule has 0 radical (unpaired) electrons. The van der Waals surface area contributed by atoms with Crippen molar-refractivity contribution in [3.63, 3.8) is 0 Å². The number of hydrogen-bond donors (Lipinski definition) is 1. The summed E-state index contributed by atoms with van der Waals surface area (Å²) in [6, 6.07) is 18.3. The monoisotopic (exact) mass is 412 g/mol. The Kier molecular flexibility index (Phi) is 4.11. The van der Waals surface area contributed by atoms with E-state index in [0.717, 1.165) is 33.9 Å². The van der Waals surface area contributed by atoms with Gasteiger partial charge in [0.25, 0.3) is 5.69 Å². The lowest BCUT2D eigenvalue weighted by molar-refractivity contribution is -0.393. The van der Waals surface area contributed by atoms with Crippen molar-refractivity contribution in [3.05, 3.63) is 87.0 Å². The molecule has 1 aliphatic heterocycles. The number of aromatic nitrogens is 2. The topological polar surface area (TPSA) is 140 Å². The van der Waals surface area contributed by atoms with Crippen LogP contribution in [0.25, 0.3) is 33.2 Å². The lowest BCUT2D eigenvalue weighted by atomic mass is 10.2. The van der Waals surface area contributed by atoms with Gasteiger partial charge >= 0.3 is 5.69 Å². The van der Waals surface area contributed by atoms with Crippen LogP contribution in [0.15, 0.2) is 77.0 Å². The van der Waals surface area contributed by atoms with Crippen LogP contribution in [0.2, 0.25) is 0 Å². The Balaban J connectivity index is 1.72. The lowest BCUT2D eigenvalue weighted by Gasteiger charge is -2.04. The first kappa shape index (κ1) is 18.3. The molecule has 0 fully saturated rings. The number of nitro groups is 2. The summed E-state index contributed by atoms with van der Waals surface area (Å²) in [6.07, 6.45) is 0. The second-order valence-electron chi connectivity index (χ2n) is 6.76. The molecule has 2 aliphatic rings. The van der Waals surface area contributed by atoms with Crippen LogP contribution in [0.5, 0.6) is 0 Å². The standard InChI is InChI=1S/C21H12N6O4/c28-26(29)12-9-10-17(18(11-12)27(30)31)24-25-20-14-6-2-1-5-13(14)19-21(20)23-16-8-4-3-7-15(16)22-19/h1-11,23H. The first-order valence-corrected chi connectivity index (χ1v) is 9.16. The number of nitro benzene ring substituents is 2. The van der Waals surface area contributed by atoms with Crippen LogP contribution in [-0.4, -0.2) is 19.8 Å². The third-order valence-electron chi connectivity index (χ3n) is 4.93. The van der Waals surface area contributed by atoms with Crippen molar-refractivity contribution in [2.45, 2.75) is 0 Å². The van der Waals surface area contributed by atoms with Crippen LogP contribution < -0.4 is 0 Å². The molecule has 5 rings (SSSR count). The van der Waals surface area contributed by atoms with E-state index in [0.29, 0.717) is 17.1 Å².